The van der Waals surface area contributed by atoms with Crippen molar-refractivity contribution in [2.24, 2.45) is 0 Å². The summed E-state index contributed by atoms with van der Waals surface area (Å²) in [5, 5.41) is 3.61. The molecule has 9 rings (SSSR count). The van der Waals surface area contributed by atoms with E-state index in [1.54, 1.807) is 0 Å². The van der Waals surface area contributed by atoms with E-state index in [2.05, 4.69) is 138 Å². The van der Waals surface area contributed by atoms with Gasteiger partial charge >= 0.3 is 0 Å². The van der Waals surface area contributed by atoms with Crippen LogP contribution < -0.4 is 4.90 Å². The first kappa shape index (κ1) is 25.8. The summed E-state index contributed by atoms with van der Waals surface area (Å²) in [7, 11) is 0. The van der Waals surface area contributed by atoms with Gasteiger partial charge < -0.3 is 9.32 Å². The van der Waals surface area contributed by atoms with Crippen molar-refractivity contribution >= 4 is 70.6 Å². The van der Waals surface area contributed by atoms with Crippen LogP contribution in [0.4, 0.5) is 17.1 Å². The predicted molar refractivity (Wildman–Crippen MR) is 190 cm³/mol. The van der Waals surface area contributed by atoms with Crippen LogP contribution in [0.3, 0.4) is 0 Å². The summed E-state index contributed by atoms with van der Waals surface area (Å²) < 4.78 is 8.73. The van der Waals surface area contributed by atoms with Crippen molar-refractivity contribution in [1.29, 1.82) is 0 Å². The number of pyridine rings is 1. The first-order chi connectivity index (χ1) is 22.3. The Balaban J connectivity index is 1.14. The third-order valence-electron chi connectivity index (χ3n) is 8.52. The molecule has 0 N–H and O–H groups in total. The predicted octanol–water partition coefficient (Wildman–Crippen LogP) is 12.2. The molecule has 9 aromatic rings. The third-order valence-corrected chi connectivity index (χ3v) is 9.68. The van der Waals surface area contributed by atoms with Crippen LogP contribution in [-0.2, 0) is 0 Å². The third kappa shape index (κ3) is 4.46. The molecule has 212 valence electrons. The van der Waals surface area contributed by atoms with E-state index >= 15 is 0 Å². The molecule has 0 amide bonds. The Bertz CT molecular complexity index is 2480. The highest BCUT2D eigenvalue weighted by Crippen LogP contribution is 2.41. The van der Waals surface area contributed by atoms with Crippen molar-refractivity contribution in [2.45, 2.75) is 0 Å². The van der Waals surface area contributed by atoms with Crippen molar-refractivity contribution in [3.63, 3.8) is 0 Å². The highest BCUT2D eigenvalue weighted by molar-refractivity contribution is 7.25. The fourth-order valence-electron chi connectivity index (χ4n) is 6.29. The van der Waals surface area contributed by atoms with E-state index in [0.717, 1.165) is 50.3 Å². The molecule has 3 heterocycles. The number of nitrogens with zero attached hydrogens (tertiary/aromatic N) is 2. The molecule has 0 aliphatic carbocycles. The minimum absolute atomic E-state index is 0.800. The van der Waals surface area contributed by atoms with E-state index in [-0.39, 0.29) is 0 Å². The highest BCUT2D eigenvalue weighted by atomic mass is 32.1. The van der Waals surface area contributed by atoms with Crippen LogP contribution in [0, 0.1) is 0 Å². The molecule has 0 atom stereocenters. The molecular weight excluding hydrogens is 569 g/mol. The molecule has 0 bridgehead atoms. The molecule has 0 spiro atoms. The fourth-order valence-corrected chi connectivity index (χ4v) is 7.38. The minimum Gasteiger partial charge on any atom is -0.454 e. The number of aromatic nitrogens is 1. The van der Waals surface area contributed by atoms with Crippen LogP contribution in [0.2, 0.25) is 0 Å². The summed E-state index contributed by atoms with van der Waals surface area (Å²) >= 11 is 1.84. The average Bonchev–Trinajstić information content (AvgIpc) is 3.67. The zero-order valence-corrected chi connectivity index (χ0v) is 25.0. The van der Waals surface area contributed by atoms with Crippen molar-refractivity contribution < 1.29 is 4.42 Å². The van der Waals surface area contributed by atoms with Crippen molar-refractivity contribution in [3.8, 4) is 22.3 Å². The van der Waals surface area contributed by atoms with Crippen LogP contribution in [-0.4, -0.2) is 4.98 Å². The van der Waals surface area contributed by atoms with Gasteiger partial charge in [-0.15, -0.1) is 11.3 Å². The maximum Gasteiger partial charge on any atom is 0.154 e. The summed E-state index contributed by atoms with van der Waals surface area (Å²) in [6, 6.07) is 53.7. The van der Waals surface area contributed by atoms with Crippen molar-refractivity contribution in [3.05, 3.63) is 158 Å². The molecule has 0 saturated heterocycles. The van der Waals surface area contributed by atoms with E-state index in [1.807, 2.05) is 35.7 Å². The van der Waals surface area contributed by atoms with Crippen LogP contribution in [0.15, 0.2) is 162 Å². The Hall–Kier alpha value is -5.71. The van der Waals surface area contributed by atoms with E-state index in [4.69, 9.17) is 9.40 Å². The molecular formula is C41H26N2OS. The molecule has 3 nitrogen and oxygen atoms in total. The van der Waals surface area contributed by atoms with Gasteiger partial charge in [0.05, 0.1) is 0 Å². The normalized spacial score (nSPS) is 11.6. The second-order valence-electron chi connectivity index (χ2n) is 11.2. The lowest BCUT2D eigenvalue weighted by Gasteiger charge is -2.26. The van der Waals surface area contributed by atoms with Gasteiger partial charge in [0.15, 0.2) is 5.58 Å². The smallest absolute Gasteiger partial charge is 0.154 e. The Morgan fingerprint density at radius 3 is 1.82 bits per heavy atom. The molecule has 0 radical (unpaired) electrons. The number of furan rings is 1. The van der Waals surface area contributed by atoms with Gasteiger partial charge in [-0.25, -0.2) is 0 Å². The van der Waals surface area contributed by atoms with Gasteiger partial charge in [-0.3, -0.25) is 4.98 Å². The maximum absolute atomic E-state index is 6.12. The standard InChI is InChI=1S/C41H26N2OS/c1-2-8-27(9-3-1)28-14-18-31(19-15-28)43(33-22-23-40-36(25-33)34-10-5-7-13-39(34)45-40)32-20-16-29(17-21-32)30-24-38-41(42-26-30)35-11-4-6-12-37(35)44-38/h1-26H. The number of hydrogen-bond acceptors (Lipinski definition) is 4. The van der Waals surface area contributed by atoms with Crippen molar-refractivity contribution in [2.75, 3.05) is 4.90 Å². The van der Waals surface area contributed by atoms with E-state index in [0.29, 0.717) is 0 Å². The molecule has 45 heavy (non-hydrogen) atoms. The average molecular weight is 595 g/mol. The molecule has 0 unspecified atom stereocenters. The summed E-state index contributed by atoms with van der Waals surface area (Å²) in [6.45, 7) is 0. The largest absolute Gasteiger partial charge is 0.454 e. The van der Waals surface area contributed by atoms with Crippen LogP contribution in [0.25, 0.3) is 64.5 Å². The summed E-state index contributed by atoms with van der Waals surface area (Å²) in [5.74, 6) is 0. The van der Waals surface area contributed by atoms with E-state index < -0.39 is 0 Å². The van der Waals surface area contributed by atoms with Crippen LogP contribution in [0.5, 0.6) is 0 Å². The molecule has 3 aromatic heterocycles. The van der Waals surface area contributed by atoms with Gasteiger partial charge in [0, 0.05) is 54.4 Å². The monoisotopic (exact) mass is 594 g/mol. The first-order valence-electron chi connectivity index (χ1n) is 15.0. The summed E-state index contributed by atoms with van der Waals surface area (Å²) in [4.78, 5) is 7.12. The number of rotatable bonds is 5. The number of thiophene rings is 1. The SMILES string of the molecule is c1ccc(-c2ccc(N(c3ccc(-c4cnc5c(c4)oc4ccccc45)cc3)c3ccc4sc5ccccc5c4c3)cc2)cc1. The van der Waals surface area contributed by atoms with Gasteiger partial charge in [-0.05, 0) is 83.4 Å². The molecule has 0 fully saturated rings. The molecule has 6 aromatic carbocycles. The van der Waals surface area contributed by atoms with Gasteiger partial charge in [0.2, 0.25) is 0 Å². The van der Waals surface area contributed by atoms with Gasteiger partial charge in [-0.1, -0.05) is 84.9 Å². The highest BCUT2D eigenvalue weighted by Gasteiger charge is 2.16. The Morgan fingerprint density at radius 2 is 1.04 bits per heavy atom. The maximum atomic E-state index is 6.12. The second kappa shape index (κ2) is 10.5. The second-order valence-corrected chi connectivity index (χ2v) is 12.3. The molecule has 0 aliphatic heterocycles. The van der Waals surface area contributed by atoms with Gasteiger partial charge in [0.25, 0.3) is 0 Å². The van der Waals surface area contributed by atoms with E-state index in [1.165, 1.54) is 31.3 Å². The Morgan fingerprint density at radius 1 is 0.444 bits per heavy atom. The number of anilines is 3. The number of fused-ring (bicyclic) bond motifs is 6. The topological polar surface area (TPSA) is 29.3 Å². The molecule has 0 saturated carbocycles. The Labute approximate surface area is 264 Å². The lowest BCUT2D eigenvalue weighted by Crippen LogP contribution is -2.09. The lowest BCUT2D eigenvalue weighted by molar-refractivity contribution is 0.668. The van der Waals surface area contributed by atoms with Crippen LogP contribution >= 0.6 is 11.3 Å². The summed E-state index contributed by atoms with van der Waals surface area (Å²) in [6.07, 6.45) is 1.94. The number of benzene rings is 6. The zero-order valence-electron chi connectivity index (χ0n) is 24.2. The van der Waals surface area contributed by atoms with Gasteiger partial charge in [-0.2, -0.15) is 0 Å². The Kier molecular flexibility index (Phi) is 6.00. The first-order valence-corrected chi connectivity index (χ1v) is 15.8. The lowest BCUT2D eigenvalue weighted by atomic mass is 10.0. The van der Waals surface area contributed by atoms with Crippen molar-refractivity contribution in [1.82, 2.24) is 4.98 Å². The number of hydrogen-bond donors (Lipinski definition) is 0. The van der Waals surface area contributed by atoms with E-state index in [9.17, 15) is 0 Å². The van der Waals surface area contributed by atoms with Gasteiger partial charge in [0.1, 0.15) is 11.1 Å². The molecule has 4 heteroatoms. The fraction of sp³-hybridized carbons (Fsp3) is 0. The number of para-hydroxylation sites is 1. The molecule has 0 aliphatic rings. The quantitative estimate of drug-likeness (QED) is 0.198. The minimum atomic E-state index is 0.800. The zero-order chi connectivity index (χ0) is 29.7. The van der Waals surface area contributed by atoms with Crippen LogP contribution in [0.1, 0.15) is 0 Å². The summed E-state index contributed by atoms with van der Waals surface area (Å²) in [5.41, 5.74) is 10.4.